The molecule has 0 spiro atoms. The van der Waals surface area contributed by atoms with Crippen LogP contribution in [-0.4, -0.2) is 81.3 Å². The van der Waals surface area contributed by atoms with Crippen LogP contribution in [0.25, 0.3) is 0 Å². The van der Waals surface area contributed by atoms with Gasteiger partial charge >= 0.3 is 6.09 Å². The third-order valence-electron chi connectivity index (χ3n) is 9.36. The summed E-state index contributed by atoms with van der Waals surface area (Å²) in [6, 6.07) is 0. The van der Waals surface area contributed by atoms with Gasteiger partial charge in [-0.15, -0.1) is 0 Å². The van der Waals surface area contributed by atoms with Crippen LogP contribution >= 0.6 is 0 Å². The number of allylic oxidation sites excluding steroid dienone is 8. The minimum absolute atomic E-state index is 0.114. The van der Waals surface area contributed by atoms with Crippen LogP contribution in [0.15, 0.2) is 48.6 Å². The average molecular weight is 700 g/mol. The topological polar surface area (TPSA) is 36.0 Å². The maximum absolute atomic E-state index is 13.1. The zero-order chi connectivity index (χ0) is 36.6. The molecule has 1 amide bonds. The molecule has 0 aromatic heterocycles. The van der Waals surface area contributed by atoms with E-state index in [1.807, 2.05) is 4.90 Å². The highest BCUT2D eigenvalue weighted by atomic mass is 16.6. The lowest BCUT2D eigenvalue weighted by Gasteiger charge is -2.23. The van der Waals surface area contributed by atoms with E-state index in [4.69, 9.17) is 4.74 Å². The van der Waals surface area contributed by atoms with Crippen molar-refractivity contribution < 1.29 is 9.53 Å². The van der Waals surface area contributed by atoms with E-state index in [-0.39, 0.29) is 6.09 Å². The van der Waals surface area contributed by atoms with Crippen molar-refractivity contribution in [3.05, 3.63) is 48.6 Å². The first-order valence-corrected chi connectivity index (χ1v) is 21.4. The van der Waals surface area contributed by atoms with Gasteiger partial charge in [-0.2, -0.15) is 0 Å². The second kappa shape index (κ2) is 39.9. The summed E-state index contributed by atoms with van der Waals surface area (Å²) in [6.45, 7) is 9.55. The quantitative estimate of drug-likeness (QED) is 0.0478. The Hall–Kier alpha value is -1.85. The van der Waals surface area contributed by atoms with Crippen LogP contribution in [0.3, 0.4) is 0 Å². The second-order valence-electron chi connectivity index (χ2n) is 14.7. The number of nitrogens with zero attached hydrogens (tertiary/aromatic N) is 3. The SMILES string of the molecule is CCCCC/C=C\C/C=C\CCCCCCCCN(CCCCCCCC/C=C\C/C=C\CCCCC)C(=O)OCCN(C)CCCN(C)C. The summed E-state index contributed by atoms with van der Waals surface area (Å²) >= 11 is 0. The molecule has 50 heavy (non-hydrogen) atoms. The maximum Gasteiger partial charge on any atom is 0.409 e. The van der Waals surface area contributed by atoms with E-state index >= 15 is 0 Å². The summed E-state index contributed by atoms with van der Waals surface area (Å²) < 4.78 is 5.77. The molecule has 0 aliphatic carbocycles. The highest BCUT2D eigenvalue weighted by Crippen LogP contribution is 2.12. The molecular formula is C45H85N3O2. The van der Waals surface area contributed by atoms with Gasteiger partial charge in [0, 0.05) is 19.6 Å². The van der Waals surface area contributed by atoms with Gasteiger partial charge in [-0.25, -0.2) is 4.79 Å². The van der Waals surface area contributed by atoms with Gasteiger partial charge in [-0.1, -0.05) is 140 Å². The van der Waals surface area contributed by atoms with Gasteiger partial charge in [0.2, 0.25) is 0 Å². The minimum Gasteiger partial charge on any atom is -0.448 e. The normalized spacial score (nSPS) is 12.3. The van der Waals surface area contributed by atoms with Gasteiger partial charge in [0.05, 0.1) is 0 Å². The number of unbranched alkanes of at least 4 members (excludes halogenated alkanes) is 18. The third kappa shape index (κ3) is 37.4. The monoisotopic (exact) mass is 700 g/mol. The number of carbonyl (C=O) groups is 1. The summed E-state index contributed by atoms with van der Waals surface area (Å²) in [5, 5.41) is 0. The lowest BCUT2D eigenvalue weighted by Crippen LogP contribution is -2.35. The Labute approximate surface area is 313 Å². The molecule has 0 saturated carbocycles. The fourth-order valence-electron chi connectivity index (χ4n) is 6.02. The lowest BCUT2D eigenvalue weighted by atomic mass is 10.1. The fourth-order valence-corrected chi connectivity index (χ4v) is 6.02. The standard InChI is InChI=1S/C45H85N3O2/c1-6-8-10-12-14-16-18-20-22-24-26-28-30-32-34-36-41-48(45(49)50-44-43-47(5)40-38-39-46(3)4)42-37-35-33-31-29-27-25-23-21-19-17-15-13-11-9-7-2/h14-17,20-23H,6-13,18-19,24-44H2,1-5H3/b16-14-,17-15-,22-20-,23-21-. The van der Waals surface area contributed by atoms with Crippen molar-refractivity contribution in [1.29, 1.82) is 0 Å². The first-order chi connectivity index (χ1) is 24.5. The van der Waals surface area contributed by atoms with Crippen LogP contribution < -0.4 is 0 Å². The van der Waals surface area contributed by atoms with E-state index in [1.165, 1.54) is 128 Å². The molecule has 0 rings (SSSR count). The van der Waals surface area contributed by atoms with Crippen LogP contribution in [0.5, 0.6) is 0 Å². The highest BCUT2D eigenvalue weighted by Gasteiger charge is 2.14. The molecule has 0 aromatic rings. The molecule has 0 bridgehead atoms. The number of carbonyl (C=O) groups excluding carboxylic acids is 1. The number of rotatable bonds is 37. The van der Waals surface area contributed by atoms with Gasteiger partial charge in [0.15, 0.2) is 0 Å². The zero-order valence-corrected chi connectivity index (χ0v) is 34.2. The summed E-state index contributed by atoms with van der Waals surface area (Å²) in [5.74, 6) is 0. The Morgan fingerprint density at radius 2 is 0.840 bits per heavy atom. The molecule has 0 aromatic carbocycles. The van der Waals surface area contributed by atoms with Gasteiger partial charge < -0.3 is 19.4 Å². The Kier molecular flexibility index (Phi) is 38.5. The van der Waals surface area contributed by atoms with E-state index < -0.39 is 0 Å². The van der Waals surface area contributed by atoms with Crippen LogP contribution in [0.4, 0.5) is 4.79 Å². The summed E-state index contributed by atoms with van der Waals surface area (Å²) in [7, 11) is 6.34. The smallest absolute Gasteiger partial charge is 0.409 e. The summed E-state index contributed by atoms with van der Waals surface area (Å²) in [4.78, 5) is 19.6. The van der Waals surface area contributed by atoms with Crippen LogP contribution in [-0.2, 0) is 4.74 Å². The summed E-state index contributed by atoms with van der Waals surface area (Å²) in [5.41, 5.74) is 0. The number of hydrogen-bond donors (Lipinski definition) is 0. The average Bonchev–Trinajstić information content (AvgIpc) is 3.10. The molecule has 0 atom stereocenters. The third-order valence-corrected chi connectivity index (χ3v) is 9.36. The van der Waals surface area contributed by atoms with Crippen molar-refractivity contribution in [3.8, 4) is 0 Å². The number of likely N-dealkylation sites (N-methyl/N-ethyl adjacent to an activating group) is 1. The number of amides is 1. The maximum atomic E-state index is 13.1. The Morgan fingerprint density at radius 3 is 1.26 bits per heavy atom. The van der Waals surface area contributed by atoms with Crippen molar-refractivity contribution in [1.82, 2.24) is 14.7 Å². The van der Waals surface area contributed by atoms with Crippen molar-refractivity contribution in [2.24, 2.45) is 0 Å². The van der Waals surface area contributed by atoms with Gasteiger partial charge in [-0.3, -0.25) is 0 Å². The van der Waals surface area contributed by atoms with E-state index in [9.17, 15) is 4.79 Å². The lowest BCUT2D eigenvalue weighted by molar-refractivity contribution is 0.0918. The van der Waals surface area contributed by atoms with Crippen molar-refractivity contribution in [2.45, 2.75) is 174 Å². The largest absolute Gasteiger partial charge is 0.448 e. The summed E-state index contributed by atoms with van der Waals surface area (Å²) in [6.07, 6.45) is 49.4. The van der Waals surface area contributed by atoms with Crippen LogP contribution in [0.1, 0.15) is 174 Å². The second-order valence-corrected chi connectivity index (χ2v) is 14.7. The predicted molar refractivity (Wildman–Crippen MR) is 222 cm³/mol. The molecule has 0 aliphatic heterocycles. The van der Waals surface area contributed by atoms with E-state index in [0.717, 1.165) is 64.8 Å². The Balaban J connectivity index is 4.23. The molecule has 0 heterocycles. The Morgan fingerprint density at radius 1 is 0.440 bits per heavy atom. The number of ether oxygens (including phenoxy) is 1. The van der Waals surface area contributed by atoms with Crippen molar-refractivity contribution >= 4 is 6.09 Å². The fraction of sp³-hybridized carbons (Fsp3) is 0.800. The van der Waals surface area contributed by atoms with Gasteiger partial charge in [0.1, 0.15) is 6.61 Å². The molecule has 0 unspecified atom stereocenters. The van der Waals surface area contributed by atoms with Gasteiger partial charge in [0.25, 0.3) is 0 Å². The van der Waals surface area contributed by atoms with Gasteiger partial charge in [-0.05, 0) is 118 Å². The van der Waals surface area contributed by atoms with E-state index in [0.29, 0.717) is 6.61 Å². The molecule has 292 valence electrons. The van der Waals surface area contributed by atoms with E-state index in [2.05, 4.69) is 93.4 Å². The van der Waals surface area contributed by atoms with Crippen molar-refractivity contribution in [2.75, 3.05) is 60.5 Å². The van der Waals surface area contributed by atoms with Crippen LogP contribution in [0.2, 0.25) is 0 Å². The van der Waals surface area contributed by atoms with Crippen molar-refractivity contribution in [3.63, 3.8) is 0 Å². The zero-order valence-electron chi connectivity index (χ0n) is 34.2. The Bertz CT molecular complexity index is 771. The minimum atomic E-state index is -0.114. The molecule has 0 fully saturated rings. The molecule has 0 saturated heterocycles. The van der Waals surface area contributed by atoms with Crippen LogP contribution in [0, 0.1) is 0 Å². The molecule has 5 heteroatoms. The molecular weight excluding hydrogens is 615 g/mol. The predicted octanol–water partition coefficient (Wildman–Crippen LogP) is 12.9. The first kappa shape index (κ1) is 48.1. The molecule has 0 N–H and O–H groups in total. The molecule has 5 nitrogen and oxygen atoms in total. The molecule has 0 aliphatic rings. The first-order valence-electron chi connectivity index (χ1n) is 21.4. The molecule has 0 radical (unpaired) electrons. The number of hydrogen-bond acceptors (Lipinski definition) is 4. The highest BCUT2D eigenvalue weighted by molar-refractivity contribution is 5.67. The van der Waals surface area contributed by atoms with E-state index in [1.54, 1.807) is 0 Å².